The fourth-order valence-electron chi connectivity index (χ4n) is 6.80. The van der Waals surface area contributed by atoms with Gasteiger partial charge < -0.3 is 15.0 Å². The minimum Gasteiger partial charge on any atom is -0.493 e. The van der Waals surface area contributed by atoms with E-state index in [4.69, 9.17) is 32.9 Å². The molecule has 3 aliphatic heterocycles. The van der Waals surface area contributed by atoms with Crippen LogP contribution < -0.4 is 15.0 Å². The van der Waals surface area contributed by atoms with Crippen LogP contribution in [-0.2, 0) is 12.0 Å². The molecule has 6 rings (SSSR count). The number of benzene rings is 2. The highest BCUT2D eigenvalue weighted by Gasteiger charge is 2.48. The first-order valence-corrected chi connectivity index (χ1v) is 15.5. The predicted molar refractivity (Wildman–Crippen MR) is 168 cm³/mol. The number of ether oxygens (including phenoxy) is 1. The maximum Gasteiger partial charge on any atom is 0.128 e. The monoisotopic (exact) mass is 580 g/mol. The molecule has 40 heavy (non-hydrogen) atoms. The summed E-state index contributed by atoms with van der Waals surface area (Å²) in [7, 11) is 2.22. The molecule has 2 fully saturated rings. The number of halogens is 2. The van der Waals surface area contributed by atoms with E-state index in [0.717, 1.165) is 61.7 Å². The Morgan fingerprint density at radius 3 is 2.55 bits per heavy atom. The van der Waals surface area contributed by atoms with Crippen LogP contribution in [0.25, 0.3) is 11.3 Å². The van der Waals surface area contributed by atoms with Crippen molar-refractivity contribution in [2.24, 2.45) is 5.92 Å². The largest absolute Gasteiger partial charge is 0.493 e. The Bertz CT molecular complexity index is 1290. The van der Waals surface area contributed by atoms with E-state index in [9.17, 15) is 0 Å². The number of para-hydroxylation sites is 1. The number of hydrogen-bond donors (Lipinski definition) is 1. The van der Waals surface area contributed by atoms with Gasteiger partial charge in [0, 0.05) is 37.2 Å². The van der Waals surface area contributed by atoms with Gasteiger partial charge in [-0.2, -0.15) is 0 Å². The summed E-state index contributed by atoms with van der Waals surface area (Å²) < 4.78 is 5.90. The van der Waals surface area contributed by atoms with Crippen molar-refractivity contribution in [1.82, 2.24) is 15.2 Å². The minimum atomic E-state index is 0.0730. The number of nitrogens with zero attached hydrogens (tertiary/aromatic N) is 3. The zero-order valence-corrected chi connectivity index (χ0v) is 25.6. The van der Waals surface area contributed by atoms with Crippen LogP contribution >= 0.6 is 23.2 Å². The van der Waals surface area contributed by atoms with E-state index in [1.54, 1.807) is 0 Å². The minimum absolute atomic E-state index is 0.0730. The van der Waals surface area contributed by atoms with E-state index in [-0.39, 0.29) is 5.41 Å². The van der Waals surface area contributed by atoms with Gasteiger partial charge in [0.25, 0.3) is 0 Å². The van der Waals surface area contributed by atoms with E-state index >= 15 is 0 Å². The number of pyridine rings is 1. The number of piperidine rings is 1. The van der Waals surface area contributed by atoms with Gasteiger partial charge in [-0.05, 0) is 88.1 Å². The summed E-state index contributed by atoms with van der Waals surface area (Å²) in [5.41, 5.74) is 5.75. The lowest BCUT2D eigenvalue weighted by Gasteiger charge is -2.53. The molecule has 0 radical (unpaired) electrons. The van der Waals surface area contributed by atoms with Crippen molar-refractivity contribution < 1.29 is 4.74 Å². The average molecular weight is 582 g/mol. The summed E-state index contributed by atoms with van der Waals surface area (Å²) in [5, 5.41) is 4.49. The first kappa shape index (κ1) is 29.2. The zero-order valence-electron chi connectivity index (χ0n) is 24.1. The summed E-state index contributed by atoms with van der Waals surface area (Å²) >= 11 is 13.0. The summed E-state index contributed by atoms with van der Waals surface area (Å²) in [6, 6.07) is 18.7. The molecular formula is C33H42Cl2N4O. The molecule has 1 aromatic heterocycles. The fourth-order valence-corrected chi connectivity index (χ4v) is 7.21. The van der Waals surface area contributed by atoms with Crippen molar-refractivity contribution >= 4 is 28.9 Å². The summed E-state index contributed by atoms with van der Waals surface area (Å²) in [4.78, 5) is 10.1. The number of fused-ring (bicyclic) bond motifs is 2. The van der Waals surface area contributed by atoms with Gasteiger partial charge in [-0.25, -0.2) is 0 Å². The molecule has 0 bridgehead atoms. The van der Waals surface area contributed by atoms with Gasteiger partial charge in [0.15, 0.2) is 0 Å². The zero-order chi connectivity index (χ0) is 28.1. The molecule has 5 nitrogen and oxygen atoms in total. The van der Waals surface area contributed by atoms with Gasteiger partial charge in [-0.1, -0.05) is 60.8 Å². The van der Waals surface area contributed by atoms with Crippen LogP contribution in [0, 0.1) is 5.92 Å². The molecule has 3 aromatic rings. The van der Waals surface area contributed by atoms with E-state index in [1.165, 1.54) is 37.2 Å². The summed E-state index contributed by atoms with van der Waals surface area (Å²) in [6.07, 6.45) is 4.93. The van der Waals surface area contributed by atoms with Crippen LogP contribution in [-0.4, -0.2) is 56.3 Å². The summed E-state index contributed by atoms with van der Waals surface area (Å²) in [6.45, 7) is 11.3. The number of aromatic nitrogens is 1. The third kappa shape index (κ3) is 5.99. The SMILES string of the molecule is C1CCNC1.CCOc1ccccc1-c1ccc2c(n1)CN(C)CC21CCN(c2cccc(Cl)c2Cl)CC1CC. The molecular weight excluding hydrogens is 539 g/mol. The van der Waals surface area contributed by atoms with Crippen LogP contribution in [0.3, 0.4) is 0 Å². The molecule has 0 aliphatic carbocycles. The van der Waals surface area contributed by atoms with E-state index in [1.807, 2.05) is 31.2 Å². The Labute approximate surface area is 249 Å². The smallest absolute Gasteiger partial charge is 0.128 e. The molecule has 0 saturated carbocycles. The Morgan fingerprint density at radius 2 is 1.82 bits per heavy atom. The van der Waals surface area contributed by atoms with Crippen molar-refractivity contribution in [2.45, 2.75) is 51.5 Å². The molecule has 7 heteroatoms. The molecule has 1 spiro atoms. The van der Waals surface area contributed by atoms with Crippen LogP contribution in [0.1, 0.15) is 50.8 Å². The second-order valence-electron chi connectivity index (χ2n) is 11.3. The van der Waals surface area contributed by atoms with Gasteiger partial charge >= 0.3 is 0 Å². The number of likely N-dealkylation sites (N-methyl/N-ethyl adjacent to an activating group) is 1. The normalized spacial score (nSPS) is 22.5. The maximum atomic E-state index is 6.61. The van der Waals surface area contributed by atoms with Gasteiger partial charge in [0.2, 0.25) is 0 Å². The van der Waals surface area contributed by atoms with E-state index < -0.39 is 0 Å². The molecule has 2 atom stereocenters. The highest BCUT2D eigenvalue weighted by Crippen LogP contribution is 2.48. The molecule has 1 N–H and O–H groups in total. The molecule has 4 heterocycles. The standard InChI is InChI=1S/C29H33Cl2N3O.C4H9N/c1-4-20-17-34(26-11-8-10-23(30)28(26)31)16-15-29(20)19-33(3)18-25-22(29)13-14-24(32-25)21-9-6-7-12-27(21)35-5-2;1-2-4-5-3-1/h6-14,20H,4-5,15-19H2,1-3H3;5H,1-4H2. The van der Waals surface area contributed by atoms with Gasteiger partial charge in [-0.15, -0.1) is 0 Å². The van der Waals surface area contributed by atoms with Gasteiger partial charge in [-0.3, -0.25) is 9.88 Å². The first-order valence-electron chi connectivity index (χ1n) is 14.8. The highest BCUT2D eigenvalue weighted by molar-refractivity contribution is 6.43. The van der Waals surface area contributed by atoms with Crippen LogP contribution in [0.2, 0.25) is 10.0 Å². The molecule has 3 aliphatic rings. The second kappa shape index (κ2) is 13.1. The lowest BCUT2D eigenvalue weighted by molar-refractivity contribution is 0.121. The third-order valence-corrected chi connectivity index (χ3v) is 9.53. The van der Waals surface area contributed by atoms with Crippen molar-refractivity contribution in [1.29, 1.82) is 0 Å². The molecule has 2 aromatic carbocycles. The average Bonchev–Trinajstić information content (AvgIpc) is 3.56. The topological polar surface area (TPSA) is 40.6 Å². The number of rotatable bonds is 5. The lowest BCUT2D eigenvalue weighted by Crippen LogP contribution is -2.57. The molecule has 214 valence electrons. The van der Waals surface area contributed by atoms with Crippen LogP contribution in [0.15, 0.2) is 54.6 Å². The van der Waals surface area contributed by atoms with Gasteiger partial charge in [0.05, 0.1) is 33.7 Å². The van der Waals surface area contributed by atoms with E-state index in [2.05, 4.69) is 59.4 Å². The number of hydrogen-bond acceptors (Lipinski definition) is 5. The molecule has 2 saturated heterocycles. The Kier molecular flexibility index (Phi) is 9.57. The highest BCUT2D eigenvalue weighted by atomic mass is 35.5. The third-order valence-electron chi connectivity index (χ3n) is 8.72. The summed E-state index contributed by atoms with van der Waals surface area (Å²) in [5.74, 6) is 1.37. The first-order chi connectivity index (χ1) is 19.5. The van der Waals surface area contributed by atoms with Crippen molar-refractivity contribution in [3.8, 4) is 17.0 Å². The van der Waals surface area contributed by atoms with E-state index in [0.29, 0.717) is 22.6 Å². The predicted octanol–water partition coefficient (Wildman–Crippen LogP) is 7.44. The Morgan fingerprint density at radius 1 is 1.02 bits per heavy atom. The fraction of sp³-hybridized carbons (Fsp3) is 0.485. The van der Waals surface area contributed by atoms with Crippen molar-refractivity contribution in [3.63, 3.8) is 0 Å². The molecule has 0 amide bonds. The van der Waals surface area contributed by atoms with Crippen LogP contribution in [0.4, 0.5) is 5.69 Å². The lowest BCUT2D eigenvalue weighted by atomic mass is 9.62. The van der Waals surface area contributed by atoms with Gasteiger partial charge in [0.1, 0.15) is 5.75 Å². The Balaban J connectivity index is 0.000000582. The number of nitrogens with one attached hydrogen (secondary N) is 1. The quantitative estimate of drug-likeness (QED) is 0.339. The molecule has 2 unspecified atom stereocenters. The Hall–Kier alpha value is -2.31. The number of anilines is 1. The van der Waals surface area contributed by atoms with Crippen molar-refractivity contribution in [3.05, 3.63) is 75.9 Å². The maximum absolute atomic E-state index is 6.61. The van der Waals surface area contributed by atoms with Crippen molar-refractivity contribution in [2.75, 3.05) is 51.3 Å². The van der Waals surface area contributed by atoms with Crippen LogP contribution in [0.5, 0.6) is 5.75 Å². The second-order valence-corrected chi connectivity index (χ2v) is 12.1.